The van der Waals surface area contributed by atoms with Crippen molar-refractivity contribution in [2.45, 2.75) is 26.8 Å². The highest BCUT2D eigenvalue weighted by atomic mass is 16.5. The van der Waals surface area contributed by atoms with Crippen LogP contribution in [0, 0.1) is 6.92 Å². The molecule has 0 aliphatic rings. The Morgan fingerprint density at radius 1 is 1.56 bits per heavy atom. The number of aliphatic carboxylic acids is 1. The molecule has 88 valence electrons. The Balaban J connectivity index is 2.92. The quantitative estimate of drug-likeness (QED) is 0.825. The molecule has 0 atom stereocenters. The van der Waals surface area contributed by atoms with Crippen LogP contribution in [0.1, 0.15) is 30.0 Å². The lowest BCUT2D eigenvalue weighted by Gasteiger charge is -2.24. The fourth-order valence-corrected chi connectivity index (χ4v) is 1.29. The number of carbonyl (C=O) groups is 2. The number of hydrogen-bond donors (Lipinski definition) is 1. The zero-order chi connectivity index (χ0) is 12.3. The molecule has 0 aliphatic heterocycles. The Morgan fingerprint density at radius 3 is 2.56 bits per heavy atom. The molecular formula is C10H14N2O4. The van der Waals surface area contributed by atoms with E-state index in [-0.39, 0.29) is 18.5 Å². The number of rotatable bonds is 4. The second-order valence-electron chi connectivity index (χ2n) is 3.72. The highest BCUT2D eigenvalue weighted by molar-refractivity contribution is 5.96. The Kier molecular flexibility index (Phi) is 3.65. The van der Waals surface area contributed by atoms with Crippen molar-refractivity contribution in [2.75, 3.05) is 6.54 Å². The summed E-state index contributed by atoms with van der Waals surface area (Å²) >= 11 is 0. The van der Waals surface area contributed by atoms with Crippen LogP contribution in [0.2, 0.25) is 0 Å². The van der Waals surface area contributed by atoms with Crippen LogP contribution in [0.5, 0.6) is 0 Å². The summed E-state index contributed by atoms with van der Waals surface area (Å²) in [4.78, 5) is 23.9. The molecule has 0 saturated heterocycles. The Labute approximate surface area is 92.8 Å². The SMILES string of the molecule is Cc1oncc1C(=O)N(CC(=O)O)C(C)C. The second kappa shape index (κ2) is 4.78. The van der Waals surface area contributed by atoms with Crippen LogP contribution in [-0.4, -0.2) is 39.6 Å². The van der Waals surface area contributed by atoms with Gasteiger partial charge in [-0.3, -0.25) is 9.59 Å². The topological polar surface area (TPSA) is 83.6 Å². The van der Waals surface area contributed by atoms with E-state index >= 15 is 0 Å². The van der Waals surface area contributed by atoms with Gasteiger partial charge in [-0.05, 0) is 20.8 Å². The van der Waals surface area contributed by atoms with Gasteiger partial charge in [0.25, 0.3) is 5.91 Å². The normalized spacial score (nSPS) is 10.5. The van der Waals surface area contributed by atoms with Crippen LogP contribution in [0.25, 0.3) is 0 Å². The Hall–Kier alpha value is -1.85. The molecule has 1 heterocycles. The van der Waals surface area contributed by atoms with Crippen molar-refractivity contribution in [1.29, 1.82) is 0 Å². The number of aromatic nitrogens is 1. The fourth-order valence-electron chi connectivity index (χ4n) is 1.29. The fraction of sp³-hybridized carbons (Fsp3) is 0.500. The van der Waals surface area contributed by atoms with E-state index in [1.54, 1.807) is 20.8 Å². The van der Waals surface area contributed by atoms with Crippen molar-refractivity contribution in [3.05, 3.63) is 17.5 Å². The lowest BCUT2D eigenvalue weighted by Crippen LogP contribution is -2.40. The number of hydrogen-bond acceptors (Lipinski definition) is 4. The third-order valence-corrected chi connectivity index (χ3v) is 2.17. The largest absolute Gasteiger partial charge is 0.480 e. The highest BCUT2D eigenvalue weighted by Crippen LogP contribution is 2.12. The molecule has 0 radical (unpaired) electrons. The number of carbonyl (C=O) groups excluding carboxylic acids is 1. The molecule has 0 aromatic carbocycles. The first-order valence-corrected chi connectivity index (χ1v) is 4.87. The average Bonchev–Trinajstić information content (AvgIpc) is 2.59. The summed E-state index contributed by atoms with van der Waals surface area (Å²) < 4.78 is 4.78. The van der Waals surface area contributed by atoms with Crippen molar-refractivity contribution in [1.82, 2.24) is 10.1 Å². The smallest absolute Gasteiger partial charge is 0.323 e. The Bertz CT molecular complexity index is 397. The second-order valence-corrected chi connectivity index (χ2v) is 3.72. The zero-order valence-electron chi connectivity index (χ0n) is 9.43. The van der Waals surface area contributed by atoms with E-state index in [1.165, 1.54) is 11.1 Å². The van der Waals surface area contributed by atoms with Crippen LogP contribution in [0.15, 0.2) is 10.7 Å². The lowest BCUT2D eigenvalue weighted by atomic mass is 10.2. The van der Waals surface area contributed by atoms with Gasteiger partial charge in [0.15, 0.2) is 0 Å². The molecule has 1 amide bonds. The number of nitrogens with zero attached hydrogens (tertiary/aromatic N) is 2. The predicted molar refractivity (Wildman–Crippen MR) is 55.0 cm³/mol. The first-order valence-electron chi connectivity index (χ1n) is 4.87. The van der Waals surface area contributed by atoms with Crippen molar-refractivity contribution in [3.8, 4) is 0 Å². The van der Waals surface area contributed by atoms with Crippen LogP contribution in [0.3, 0.4) is 0 Å². The summed E-state index contributed by atoms with van der Waals surface area (Å²) in [5, 5.41) is 12.2. The van der Waals surface area contributed by atoms with Gasteiger partial charge in [-0.2, -0.15) is 0 Å². The minimum atomic E-state index is -1.05. The molecule has 0 aliphatic carbocycles. The van der Waals surface area contributed by atoms with Gasteiger partial charge < -0.3 is 14.5 Å². The number of carboxylic acids is 1. The monoisotopic (exact) mass is 226 g/mol. The van der Waals surface area contributed by atoms with Crippen molar-refractivity contribution in [3.63, 3.8) is 0 Å². The summed E-state index contributed by atoms with van der Waals surface area (Å²) in [7, 11) is 0. The Morgan fingerprint density at radius 2 is 2.19 bits per heavy atom. The summed E-state index contributed by atoms with van der Waals surface area (Å²) in [6.45, 7) is 4.79. The third kappa shape index (κ3) is 2.59. The van der Waals surface area contributed by atoms with Crippen molar-refractivity contribution < 1.29 is 19.2 Å². The van der Waals surface area contributed by atoms with Gasteiger partial charge in [-0.15, -0.1) is 0 Å². The van der Waals surface area contributed by atoms with Crippen LogP contribution >= 0.6 is 0 Å². The minimum Gasteiger partial charge on any atom is -0.480 e. The minimum absolute atomic E-state index is 0.196. The standard InChI is InChI=1S/C10H14N2O4/c1-6(2)12(5-9(13)14)10(15)8-4-11-16-7(8)3/h4,6H,5H2,1-3H3,(H,13,14). The molecule has 0 spiro atoms. The van der Waals surface area contributed by atoms with Gasteiger partial charge in [0, 0.05) is 6.04 Å². The van der Waals surface area contributed by atoms with E-state index in [0.717, 1.165) is 0 Å². The molecular weight excluding hydrogens is 212 g/mol. The molecule has 1 rings (SSSR count). The van der Waals surface area contributed by atoms with E-state index in [2.05, 4.69) is 5.16 Å². The van der Waals surface area contributed by atoms with Crippen molar-refractivity contribution >= 4 is 11.9 Å². The van der Waals surface area contributed by atoms with E-state index in [4.69, 9.17) is 9.63 Å². The summed E-state index contributed by atoms with van der Waals surface area (Å²) in [6.07, 6.45) is 1.30. The molecule has 16 heavy (non-hydrogen) atoms. The van der Waals surface area contributed by atoms with Crippen LogP contribution in [-0.2, 0) is 4.79 Å². The lowest BCUT2D eigenvalue weighted by molar-refractivity contribution is -0.138. The molecule has 6 nitrogen and oxygen atoms in total. The molecule has 0 bridgehead atoms. The molecule has 0 saturated carbocycles. The van der Waals surface area contributed by atoms with Crippen LogP contribution < -0.4 is 0 Å². The molecule has 1 N–H and O–H groups in total. The van der Waals surface area contributed by atoms with Gasteiger partial charge in [0.05, 0.1) is 6.20 Å². The van der Waals surface area contributed by atoms with Gasteiger partial charge >= 0.3 is 5.97 Å². The van der Waals surface area contributed by atoms with Gasteiger partial charge in [0.1, 0.15) is 17.9 Å². The maximum atomic E-state index is 12.0. The molecule has 1 aromatic rings. The first kappa shape index (κ1) is 12.2. The highest BCUT2D eigenvalue weighted by Gasteiger charge is 2.24. The first-order chi connectivity index (χ1) is 7.43. The van der Waals surface area contributed by atoms with E-state index < -0.39 is 5.97 Å². The number of amides is 1. The van der Waals surface area contributed by atoms with Gasteiger partial charge in [0.2, 0.25) is 0 Å². The van der Waals surface area contributed by atoms with E-state index in [1.807, 2.05) is 0 Å². The van der Waals surface area contributed by atoms with Crippen molar-refractivity contribution in [2.24, 2.45) is 0 Å². The molecule has 1 aromatic heterocycles. The summed E-state index contributed by atoms with van der Waals surface area (Å²) in [6, 6.07) is -0.196. The predicted octanol–water partition coefficient (Wildman–Crippen LogP) is 0.918. The van der Waals surface area contributed by atoms with E-state index in [0.29, 0.717) is 11.3 Å². The zero-order valence-corrected chi connectivity index (χ0v) is 9.43. The number of carboxylic acid groups (broad SMARTS) is 1. The molecule has 0 unspecified atom stereocenters. The van der Waals surface area contributed by atoms with Gasteiger partial charge in [-0.25, -0.2) is 0 Å². The third-order valence-electron chi connectivity index (χ3n) is 2.17. The number of aryl methyl sites for hydroxylation is 1. The average molecular weight is 226 g/mol. The molecule has 6 heteroatoms. The van der Waals surface area contributed by atoms with Crippen LogP contribution in [0.4, 0.5) is 0 Å². The molecule has 0 fully saturated rings. The maximum absolute atomic E-state index is 12.0. The summed E-state index contributed by atoms with van der Waals surface area (Å²) in [5.41, 5.74) is 0.301. The van der Waals surface area contributed by atoms with Gasteiger partial charge in [-0.1, -0.05) is 5.16 Å². The van der Waals surface area contributed by atoms with E-state index in [9.17, 15) is 9.59 Å². The maximum Gasteiger partial charge on any atom is 0.323 e. The summed E-state index contributed by atoms with van der Waals surface area (Å²) in [5.74, 6) is -1.03.